The Hall–Kier alpha value is -3.22. The number of benzene rings is 3. The third-order valence-corrected chi connectivity index (χ3v) is 5.85. The lowest BCUT2D eigenvalue weighted by Crippen LogP contribution is -2.26. The van der Waals surface area contributed by atoms with Gasteiger partial charge in [0.1, 0.15) is 12.4 Å². The topological polar surface area (TPSA) is 64.9 Å². The van der Waals surface area contributed by atoms with E-state index in [-0.39, 0.29) is 17.3 Å². The van der Waals surface area contributed by atoms with Gasteiger partial charge in [-0.3, -0.25) is 14.7 Å². The molecule has 1 unspecified atom stereocenters. The van der Waals surface area contributed by atoms with Gasteiger partial charge in [0.25, 0.3) is 0 Å². The number of nitrogens with zero attached hydrogens (tertiary/aromatic N) is 2. The Balaban J connectivity index is 1.59. The van der Waals surface area contributed by atoms with E-state index in [0.717, 1.165) is 31.7 Å². The van der Waals surface area contributed by atoms with Crippen LogP contribution in [-0.2, 0) is 11.3 Å². The Kier molecular flexibility index (Phi) is 7.37. The van der Waals surface area contributed by atoms with Crippen LogP contribution in [0.2, 0.25) is 5.02 Å². The maximum Gasteiger partial charge on any atom is 0.325 e. The lowest BCUT2D eigenvalue weighted by Gasteiger charge is -2.20. The molecule has 3 aromatic carbocycles. The van der Waals surface area contributed by atoms with Crippen molar-refractivity contribution in [2.24, 2.45) is 4.99 Å². The second kappa shape index (κ2) is 10.6. The SMILES string of the molecule is O=C(O)CN=C(c1ccccc1F)c1cc(Cl)ccc1NC1CCN(Cc2ccccc2)C1. The average Bonchev–Trinajstić information content (AvgIpc) is 3.24. The number of anilines is 1. The largest absolute Gasteiger partial charge is 0.480 e. The van der Waals surface area contributed by atoms with Crippen molar-refractivity contribution in [1.29, 1.82) is 0 Å². The summed E-state index contributed by atoms with van der Waals surface area (Å²) in [5, 5.41) is 13.2. The van der Waals surface area contributed by atoms with E-state index >= 15 is 0 Å². The van der Waals surface area contributed by atoms with Crippen LogP contribution in [0.3, 0.4) is 0 Å². The van der Waals surface area contributed by atoms with E-state index in [1.165, 1.54) is 11.6 Å². The van der Waals surface area contributed by atoms with Crippen LogP contribution in [0.4, 0.5) is 10.1 Å². The van der Waals surface area contributed by atoms with Crippen molar-refractivity contribution in [1.82, 2.24) is 4.90 Å². The summed E-state index contributed by atoms with van der Waals surface area (Å²) < 4.78 is 14.7. The summed E-state index contributed by atoms with van der Waals surface area (Å²) >= 11 is 6.28. The average molecular weight is 466 g/mol. The van der Waals surface area contributed by atoms with E-state index in [2.05, 4.69) is 27.3 Å². The summed E-state index contributed by atoms with van der Waals surface area (Å²) in [6.45, 7) is 2.23. The molecule has 0 aromatic heterocycles. The van der Waals surface area contributed by atoms with E-state index in [9.17, 15) is 14.3 Å². The zero-order valence-electron chi connectivity index (χ0n) is 18.0. The van der Waals surface area contributed by atoms with Crippen molar-refractivity contribution < 1.29 is 14.3 Å². The molecule has 4 rings (SSSR count). The van der Waals surface area contributed by atoms with Crippen molar-refractivity contribution in [2.45, 2.75) is 19.0 Å². The highest BCUT2D eigenvalue weighted by molar-refractivity contribution is 6.31. The number of nitrogens with one attached hydrogen (secondary N) is 1. The molecule has 0 bridgehead atoms. The Morgan fingerprint density at radius 2 is 1.85 bits per heavy atom. The summed E-state index contributed by atoms with van der Waals surface area (Å²) in [5.74, 6) is -1.56. The third kappa shape index (κ3) is 5.97. The second-order valence-corrected chi connectivity index (χ2v) is 8.52. The first-order chi connectivity index (χ1) is 16.0. The summed E-state index contributed by atoms with van der Waals surface area (Å²) in [6.07, 6.45) is 0.955. The number of aliphatic imine (C=N–C) groups is 1. The Labute approximate surface area is 197 Å². The number of carbonyl (C=O) groups is 1. The number of likely N-dealkylation sites (tertiary alicyclic amines) is 1. The van der Waals surface area contributed by atoms with Gasteiger partial charge in [0.2, 0.25) is 0 Å². The standard InChI is InChI=1S/C26H25ClFN3O2/c27-19-10-11-24(30-20-12-13-31(17-20)16-18-6-2-1-3-7-18)22(14-19)26(29-15-25(32)33)21-8-4-5-9-23(21)28/h1-11,14,20,30H,12-13,15-17H2,(H,32,33). The molecule has 0 radical (unpaired) electrons. The monoisotopic (exact) mass is 465 g/mol. The van der Waals surface area contributed by atoms with E-state index in [1.807, 2.05) is 24.3 Å². The minimum atomic E-state index is -1.09. The van der Waals surface area contributed by atoms with Crippen LogP contribution in [0.25, 0.3) is 0 Å². The van der Waals surface area contributed by atoms with Crippen LogP contribution < -0.4 is 5.32 Å². The molecule has 0 amide bonds. The molecular formula is C26H25ClFN3O2. The van der Waals surface area contributed by atoms with Crippen molar-refractivity contribution in [2.75, 3.05) is 25.0 Å². The molecule has 0 spiro atoms. The Morgan fingerprint density at radius 3 is 2.61 bits per heavy atom. The molecule has 1 heterocycles. The molecule has 1 aliphatic rings. The first-order valence-corrected chi connectivity index (χ1v) is 11.2. The van der Waals surface area contributed by atoms with Crippen molar-refractivity contribution in [3.8, 4) is 0 Å². The van der Waals surface area contributed by atoms with E-state index < -0.39 is 18.3 Å². The lowest BCUT2D eigenvalue weighted by molar-refractivity contribution is -0.135. The number of aliphatic carboxylic acids is 1. The molecule has 3 aromatic rings. The molecule has 1 fully saturated rings. The maximum absolute atomic E-state index is 14.7. The van der Waals surface area contributed by atoms with Gasteiger partial charge >= 0.3 is 5.97 Å². The highest BCUT2D eigenvalue weighted by Crippen LogP contribution is 2.27. The Morgan fingerprint density at radius 1 is 1.09 bits per heavy atom. The quantitative estimate of drug-likeness (QED) is 0.455. The van der Waals surface area contributed by atoms with Gasteiger partial charge in [-0.2, -0.15) is 0 Å². The molecule has 33 heavy (non-hydrogen) atoms. The van der Waals surface area contributed by atoms with Crippen LogP contribution in [0.5, 0.6) is 0 Å². The second-order valence-electron chi connectivity index (χ2n) is 8.08. The van der Waals surface area contributed by atoms with Gasteiger partial charge in [0, 0.05) is 47.5 Å². The first kappa shape index (κ1) is 23.0. The predicted octanol–water partition coefficient (Wildman–Crippen LogP) is 5.09. The van der Waals surface area contributed by atoms with Crippen LogP contribution in [0.1, 0.15) is 23.1 Å². The Bertz CT molecular complexity index is 1150. The summed E-state index contributed by atoms with van der Waals surface area (Å²) in [5.41, 5.74) is 3.10. The fourth-order valence-corrected chi connectivity index (χ4v) is 4.28. The van der Waals surface area contributed by atoms with Gasteiger partial charge in [0.15, 0.2) is 0 Å². The fourth-order valence-electron chi connectivity index (χ4n) is 4.11. The molecule has 0 aliphatic carbocycles. The van der Waals surface area contributed by atoms with Gasteiger partial charge < -0.3 is 10.4 Å². The first-order valence-electron chi connectivity index (χ1n) is 10.8. The number of hydrogen-bond donors (Lipinski definition) is 2. The molecule has 2 N–H and O–H groups in total. The predicted molar refractivity (Wildman–Crippen MR) is 130 cm³/mol. The van der Waals surface area contributed by atoms with E-state index in [4.69, 9.17) is 11.6 Å². The van der Waals surface area contributed by atoms with Crippen molar-refractivity contribution >= 4 is 29.0 Å². The number of carboxylic acids is 1. The third-order valence-electron chi connectivity index (χ3n) is 5.62. The molecular weight excluding hydrogens is 441 g/mol. The fraction of sp³-hybridized carbons (Fsp3) is 0.231. The van der Waals surface area contributed by atoms with Crippen LogP contribution >= 0.6 is 11.6 Å². The molecule has 1 aliphatic heterocycles. The highest BCUT2D eigenvalue weighted by Gasteiger charge is 2.24. The number of halogens is 2. The normalized spacial score (nSPS) is 16.7. The summed E-state index contributed by atoms with van der Waals surface area (Å²) in [6, 6.07) is 22.1. The lowest BCUT2D eigenvalue weighted by atomic mass is 9.99. The van der Waals surface area contributed by atoms with Gasteiger partial charge in [-0.05, 0) is 42.3 Å². The zero-order chi connectivity index (χ0) is 23.2. The number of hydrogen-bond acceptors (Lipinski definition) is 4. The molecule has 5 nitrogen and oxygen atoms in total. The van der Waals surface area contributed by atoms with Gasteiger partial charge in [-0.15, -0.1) is 0 Å². The van der Waals surface area contributed by atoms with E-state index in [0.29, 0.717) is 10.6 Å². The van der Waals surface area contributed by atoms with Crippen molar-refractivity contribution in [3.05, 3.63) is 100 Å². The molecule has 1 saturated heterocycles. The van der Waals surface area contributed by atoms with Gasteiger partial charge in [0.05, 0.1) is 5.71 Å². The minimum Gasteiger partial charge on any atom is -0.480 e. The maximum atomic E-state index is 14.7. The molecule has 7 heteroatoms. The van der Waals surface area contributed by atoms with E-state index in [1.54, 1.807) is 30.3 Å². The van der Waals surface area contributed by atoms with Crippen LogP contribution in [0.15, 0.2) is 77.8 Å². The molecule has 1 atom stereocenters. The van der Waals surface area contributed by atoms with Crippen LogP contribution in [-0.4, -0.2) is 47.4 Å². The van der Waals surface area contributed by atoms with Gasteiger partial charge in [-0.25, -0.2) is 4.39 Å². The van der Waals surface area contributed by atoms with Gasteiger partial charge in [-0.1, -0.05) is 54.1 Å². The smallest absolute Gasteiger partial charge is 0.325 e. The van der Waals surface area contributed by atoms with Crippen molar-refractivity contribution in [3.63, 3.8) is 0 Å². The van der Waals surface area contributed by atoms with Crippen LogP contribution in [0, 0.1) is 5.82 Å². The molecule has 170 valence electrons. The zero-order valence-corrected chi connectivity index (χ0v) is 18.8. The highest BCUT2D eigenvalue weighted by atomic mass is 35.5. The molecule has 0 saturated carbocycles. The summed E-state index contributed by atoms with van der Waals surface area (Å²) in [7, 11) is 0. The number of carboxylic acid groups (broad SMARTS) is 1. The number of rotatable bonds is 8. The summed E-state index contributed by atoms with van der Waals surface area (Å²) in [4.78, 5) is 17.8. The minimum absolute atomic E-state index is 0.190.